The van der Waals surface area contributed by atoms with Gasteiger partial charge in [-0.2, -0.15) is 0 Å². The third-order valence-corrected chi connectivity index (χ3v) is 6.68. The van der Waals surface area contributed by atoms with E-state index < -0.39 is 17.0 Å². The quantitative estimate of drug-likeness (QED) is 0.330. The van der Waals surface area contributed by atoms with E-state index in [1.165, 1.54) is 12.1 Å². The molecule has 0 spiro atoms. The van der Waals surface area contributed by atoms with Crippen LogP contribution in [0, 0.1) is 10.1 Å². The molecule has 1 N–H and O–H groups in total. The van der Waals surface area contributed by atoms with Gasteiger partial charge in [0, 0.05) is 54.9 Å². The van der Waals surface area contributed by atoms with Crippen LogP contribution in [0.5, 0.6) is 0 Å². The van der Waals surface area contributed by atoms with Gasteiger partial charge in [0.15, 0.2) is 0 Å². The van der Waals surface area contributed by atoms with Crippen molar-refractivity contribution in [2.75, 3.05) is 26.3 Å². The number of nitro benzene ring substituents is 1. The van der Waals surface area contributed by atoms with Gasteiger partial charge in [0.05, 0.1) is 17.5 Å². The molecule has 3 heterocycles. The highest BCUT2D eigenvalue weighted by Crippen LogP contribution is 2.42. The summed E-state index contributed by atoms with van der Waals surface area (Å²) in [6.45, 7) is 3.56. The highest BCUT2D eigenvalue weighted by molar-refractivity contribution is 5.97. The third kappa shape index (κ3) is 3.71. The molecule has 1 fully saturated rings. The minimum absolute atomic E-state index is 0.0144. The Kier molecular flexibility index (Phi) is 5.79. The molecular weight excluding hydrogens is 436 g/mol. The fourth-order valence-electron chi connectivity index (χ4n) is 5.14. The van der Waals surface area contributed by atoms with Crippen LogP contribution in [-0.4, -0.2) is 63.9 Å². The van der Waals surface area contributed by atoms with E-state index in [1.54, 1.807) is 21.9 Å². The van der Waals surface area contributed by atoms with Gasteiger partial charge in [-0.1, -0.05) is 18.2 Å². The average molecular weight is 463 g/mol. The number of aromatic amines is 1. The van der Waals surface area contributed by atoms with Crippen molar-refractivity contribution in [1.29, 1.82) is 0 Å². The summed E-state index contributed by atoms with van der Waals surface area (Å²) in [7, 11) is 0. The molecule has 0 bridgehead atoms. The number of hydrogen-bond donors (Lipinski definition) is 1. The molecule has 3 aromatic rings. The number of benzene rings is 2. The predicted octanol–water partition coefficient (Wildman–Crippen LogP) is 3.19. The molecule has 1 saturated heterocycles. The second-order valence-corrected chi connectivity index (χ2v) is 8.65. The van der Waals surface area contributed by atoms with Crippen molar-refractivity contribution in [2.24, 2.45) is 0 Å². The van der Waals surface area contributed by atoms with Gasteiger partial charge < -0.3 is 19.5 Å². The van der Waals surface area contributed by atoms with Crippen LogP contribution in [0.2, 0.25) is 0 Å². The van der Waals surface area contributed by atoms with E-state index in [0.717, 1.165) is 27.7 Å². The first-order chi connectivity index (χ1) is 16.5. The molecule has 2 atom stereocenters. The van der Waals surface area contributed by atoms with Crippen LogP contribution in [0.3, 0.4) is 0 Å². The van der Waals surface area contributed by atoms with E-state index in [1.807, 2.05) is 31.2 Å². The molecule has 5 rings (SSSR count). The summed E-state index contributed by atoms with van der Waals surface area (Å²) in [5.74, 6) is -0.201. The van der Waals surface area contributed by atoms with Gasteiger partial charge in [-0.3, -0.25) is 19.7 Å². The maximum Gasteiger partial charge on any atom is 0.269 e. The largest absolute Gasteiger partial charge is 0.382 e. The Morgan fingerprint density at radius 1 is 1.15 bits per heavy atom. The van der Waals surface area contributed by atoms with Crippen LogP contribution in [0.4, 0.5) is 5.69 Å². The Morgan fingerprint density at radius 2 is 1.91 bits per heavy atom. The molecule has 176 valence electrons. The maximum absolute atomic E-state index is 13.5. The Bertz CT molecular complexity index is 1250. The molecule has 34 heavy (non-hydrogen) atoms. The third-order valence-electron chi connectivity index (χ3n) is 6.68. The molecule has 2 aromatic carbocycles. The number of fused-ring (bicyclic) bond motifs is 4. The first kappa shape index (κ1) is 22.1. The van der Waals surface area contributed by atoms with Gasteiger partial charge in [-0.25, -0.2) is 0 Å². The van der Waals surface area contributed by atoms with Crippen molar-refractivity contribution >= 4 is 28.4 Å². The number of para-hydroxylation sites is 1. The van der Waals surface area contributed by atoms with Crippen LogP contribution in [0.25, 0.3) is 10.9 Å². The standard InChI is InChI=1S/C25H26N4O5/c1-2-34-13-5-12-27-15-22(30)28-21(25(27)31)14-19-18-6-3-4-7-20(18)26-23(19)24(28)16-8-10-17(11-9-16)29(32)33/h3-4,6-11,21,24,26H,2,5,12-15H2,1H3/t21-,24+/m1/s1. The molecule has 9 nitrogen and oxygen atoms in total. The Morgan fingerprint density at radius 3 is 2.65 bits per heavy atom. The van der Waals surface area contributed by atoms with Crippen LogP contribution in [-0.2, 0) is 20.7 Å². The van der Waals surface area contributed by atoms with E-state index in [0.29, 0.717) is 32.6 Å². The second-order valence-electron chi connectivity index (χ2n) is 8.65. The number of amides is 2. The lowest BCUT2D eigenvalue weighted by Crippen LogP contribution is -2.63. The van der Waals surface area contributed by atoms with Gasteiger partial charge in [-0.15, -0.1) is 0 Å². The summed E-state index contributed by atoms with van der Waals surface area (Å²) in [6.07, 6.45) is 1.10. The lowest BCUT2D eigenvalue weighted by molar-refractivity contribution is -0.384. The Labute approximate surface area is 196 Å². The summed E-state index contributed by atoms with van der Waals surface area (Å²) in [6, 6.07) is 13.0. The lowest BCUT2D eigenvalue weighted by Gasteiger charge is -2.47. The number of ether oxygens (including phenoxy) is 1. The Hall–Kier alpha value is -3.72. The fourth-order valence-corrected chi connectivity index (χ4v) is 5.14. The zero-order valence-electron chi connectivity index (χ0n) is 18.9. The minimum Gasteiger partial charge on any atom is -0.382 e. The zero-order chi connectivity index (χ0) is 23.8. The van der Waals surface area contributed by atoms with E-state index in [4.69, 9.17) is 4.74 Å². The monoisotopic (exact) mass is 462 g/mol. The second kappa shape index (κ2) is 8.90. The number of aromatic nitrogens is 1. The zero-order valence-corrected chi connectivity index (χ0v) is 18.9. The first-order valence-corrected chi connectivity index (χ1v) is 11.5. The molecule has 0 aliphatic carbocycles. The number of piperazine rings is 1. The molecule has 0 radical (unpaired) electrons. The molecule has 0 saturated carbocycles. The van der Waals surface area contributed by atoms with Crippen molar-refractivity contribution < 1.29 is 19.2 Å². The highest BCUT2D eigenvalue weighted by Gasteiger charge is 2.48. The fraction of sp³-hybridized carbons (Fsp3) is 0.360. The number of non-ortho nitro benzene ring substituents is 1. The van der Waals surface area contributed by atoms with Gasteiger partial charge in [-0.05, 0) is 42.7 Å². The number of hydrogen-bond acceptors (Lipinski definition) is 5. The van der Waals surface area contributed by atoms with E-state index in [9.17, 15) is 19.7 Å². The molecule has 1 aromatic heterocycles. The number of nitro groups is 1. The predicted molar refractivity (Wildman–Crippen MR) is 125 cm³/mol. The van der Waals surface area contributed by atoms with Crippen LogP contribution in [0.1, 0.15) is 36.2 Å². The van der Waals surface area contributed by atoms with Crippen LogP contribution < -0.4 is 0 Å². The van der Waals surface area contributed by atoms with Crippen LogP contribution >= 0.6 is 0 Å². The Balaban J connectivity index is 1.56. The molecule has 9 heteroatoms. The van der Waals surface area contributed by atoms with Crippen LogP contribution in [0.15, 0.2) is 48.5 Å². The van der Waals surface area contributed by atoms with Crippen molar-refractivity contribution in [3.05, 3.63) is 75.5 Å². The first-order valence-electron chi connectivity index (χ1n) is 11.5. The number of carbonyl (C=O) groups excluding carboxylic acids is 2. The summed E-state index contributed by atoms with van der Waals surface area (Å²) in [5.41, 5.74) is 3.52. The van der Waals surface area contributed by atoms with Gasteiger partial charge in [0.2, 0.25) is 11.8 Å². The number of carbonyl (C=O) groups is 2. The highest BCUT2D eigenvalue weighted by atomic mass is 16.6. The normalized spacial score (nSPS) is 19.9. The molecule has 2 amide bonds. The lowest BCUT2D eigenvalue weighted by atomic mass is 9.86. The molecule has 2 aliphatic rings. The van der Waals surface area contributed by atoms with E-state index in [2.05, 4.69) is 4.98 Å². The number of nitrogens with one attached hydrogen (secondary N) is 1. The smallest absolute Gasteiger partial charge is 0.269 e. The molecular formula is C25H26N4O5. The van der Waals surface area contributed by atoms with Crippen molar-refractivity contribution in [1.82, 2.24) is 14.8 Å². The minimum atomic E-state index is -0.625. The van der Waals surface area contributed by atoms with Gasteiger partial charge >= 0.3 is 0 Å². The van der Waals surface area contributed by atoms with Gasteiger partial charge in [0.25, 0.3) is 5.69 Å². The van der Waals surface area contributed by atoms with Gasteiger partial charge in [0.1, 0.15) is 6.04 Å². The van der Waals surface area contributed by atoms with Crippen molar-refractivity contribution in [2.45, 2.75) is 31.8 Å². The number of rotatable bonds is 7. The van der Waals surface area contributed by atoms with Crippen molar-refractivity contribution in [3.8, 4) is 0 Å². The SMILES string of the molecule is CCOCCCN1CC(=O)N2[C@@H](c3ccc([N+](=O)[O-])cc3)c3[nH]c4ccccc4c3C[C@@H]2C1=O. The number of nitrogens with zero attached hydrogens (tertiary/aromatic N) is 3. The average Bonchev–Trinajstić information content (AvgIpc) is 3.22. The maximum atomic E-state index is 13.5. The van der Waals surface area contributed by atoms with E-state index >= 15 is 0 Å². The summed E-state index contributed by atoms with van der Waals surface area (Å²) < 4.78 is 5.39. The molecule has 2 aliphatic heterocycles. The van der Waals surface area contributed by atoms with E-state index in [-0.39, 0.29) is 24.0 Å². The summed E-state index contributed by atoms with van der Waals surface area (Å²) in [4.78, 5) is 44.5. The summed E-state index contributed by atoms with van der Waals surface area (Å²) >= 11 is 0. The van der Waals surface area contributed by atoms with Crippen molar-refractivity contribution in [3.63, 3.8) is 0 Å². The number of H-pyrrole nitrogens is 1. The topological polar surface area (TPSA) is 109 Å². The summed E-state index contributed by atoms with van der Waals surface area (Å²) in [5, 5.41) is 12.2. The molecule has 0 unspecified atom stereocenters.